The molecule has 7 aliphatic rings. The topological polar surface area (TPSA) is 92.3 Å². The van der Waals surface area contributed by atoms with Crippen molar-refractivity contribution in [2.24, 2.45) is 35.5 Å². The van der Waals surface area contributed by atoms with E-state index in [0.29, 0.717) is 48.5 Å². The van der Waals surface area contributed by atoms with Gasteiger partial charge in [0, 0.05) is 26.5 Å². The summed E-state index contributed by atoms with van der Waals surface area (Å²) in [6.07, 6.45) is 13.4. The molecule has 6 aliphatic heterocycles. The van der Waals surface area contributed by atoms with Gasteiger partial charge in [-0.1, -0.05) is 103 Å². The zero-order chi connectivity index (χ0) is 47.9. The van der Waals surface area contributed by atoms with Crippen molar-refractivity contribution in [3.05, 3.63) is 35.4 Å². The second kappa shape index (κ2) is 36.8. The van der Waals surface area contributed by atoms with Crippen LogP contribution < -0.4 is 0 Å². The van der Waals surface area contributed by atoms with Crippen molar-refractivity contribution >= 4 is 0 Å². The molecule has 1 saturated carbocycles. The molecule has 1 aromatic carbocycles. The van der Waals surface area contributed by atoms with Crippen molar-refractivity contribution in [1.82, 2.24) is 0 Å². The van der Waals surface area contributed by atoms with Crippen molar-refractivity contribution in [2.45, 2.75) is 211 Å². The van der Waals surface area contributed by atoms with E-state index < -0.39 is 0 Å². The monoisotopic (exact) mass is 913 g/mol. The van der Waals surface area contributed by atoms with Crippen LogP contribution in [0, 0.1) is 49.4 Å². The van der Waals surface area contributed by atoms with E-state index in [1.807, 2.05) is 41.5 Å². The van der Waals surface area contributed by atoms with Crippen LogP contribution in [-0.2, 0) is 47.4 Å². The largest absolute Gasteiger partial charge is 0.378 e. The molecule has 0 N–H and O–H groups in total. The molecule has 8 atom stereocenters. The Hall–Kier alpha value is -1.18. The van der Waals surface area contributed by atoms with Gasteiger partial charge in [-0.15, -0.1) is 0 Å². The molecule has 0 amide bonds. The molecule has 6 heterocycles. The first kappa shape index (κ1) is 60.8. The molecule has 0 radical (unpaired) electrons. The van der Waals surface area contributed by atoms with Crippen molar-refractivity contribution in [1.29, 1.82) is 0 Å². The summed E-state index contributed by atoms with van der Waals surface area (Å²) in [5.74, 6) is 4.78. The summed E-state index contributed by atoms with van der Waals surface area (Å²) in [4.78, 5) is 0. The molecule has 1 aliphatic carbocycles. The first-order chi connectivity index (χ1) is 30.3. The van der Waals surface area contributed by atoms with Crippen LogP contribution in [0.25, 0.3) is 0 Å². The predicted molar refractivity (Wildman–Crippen MR) is 265 cm³/mol. The summed E-state index contributed by atoms with van der Waals surface area (Å²) in [6.45, 7) is 42.2. The van der Waals surface area contributed by atoms with Crippen molar-refractivity contribution in [3.8, 4) is 0 Å². The predicted octanol–water partition coefficient (Wildman–Crippen LogP) is 12.7. The first-order valence-electron chi connectivity index (χ1n) is 25.5. The van der Waals surface area contributed by atoms with Crippen LogP contribution in [-0.4, -0.2) is 115 Å². The fraction of sp³-hybridized carbons (Fsp3) is 0.889. The third-order valence-corrected chi connectivity index (χ3v) is 11.9. The molecule has 0 spiro atoms. The maximum absolute atomic E-state index is 5.39. The quantitative estimate of drug-likeness (QED) is 0.250. The Morgan fingerprint density at radius 2 is 0.484 bits per heavy atom. The summed E-state index contributed by atoms with van der Waals surface area (Å²) >= 11 is 0. The Balaban J connectivity index is 0.000000719. The Kier molecular flexibility index (Phi) is 35.0. The number of aryl methyl sites for hydroxylation is 2. The van der Waals surface area contributed by atoms with Gasteiger partial charge in [0.15, 0.2) is 12.6 Å². The molecule has 0 aromatic heterocycles. The van der Waals surface area contributed by atoms with Gasteiger partial charge in [0.25, 0.3) is 0 Å². The normalized spacial score (nSPS) is 35.9. The minimum atomic E-state index is 0. The van der Waals surface area contributed by atoms with Gasteiger partial charge in [-0.3, -0.25) is 0 Å². The van der Waals surface area contributed by atoms with E-state index in [9.17, 15) is 0 Å². The first-order valence-corrected chi connectivity index (χ1v) is 25.5. The zero-order valence-corrected chi connectivity index (χ0v) is 44.2. The lowest BCUT2D eigenvalue weighted by atomic mass is 9.84. The molecule has 10 nitrogen and oxygen atoms in total. The second-order valence-electron chi connectivity index (χ2n) is 20.4. The van der Waals surface area contributed by atoms with Crippen molar-refractivity contribution in [2.75, 3.05) is 66.1 Å². The molecule has 1 aromatic rings. The van der Waals surface area contributed by atoms with E-state index >= 15 is 0 Å². The third kappa shape index (κ3) is 35.0. The Labute approximate surface area is 396 Å². The zero-order valence-electron chi connectivity index (χ0n) is 44.2. The molecule has 10 heteroatoms. The van der Waals surface area contributed by atoms with E-state index in [-0.39, 0.29) is 14.0 Å². The van der Waals surface area contributed by atoms with Crippen LogP contribution in [0.2, 0.25) is 0 Å². The second-order valence-corrected chi connectivity index (χ2v) is 20.4. The van der Waals surface area contributed by atoms with E-state index in [0.717, 1.165) is 89.7 Å². The Morgan fingerprint density at radius 1 is 0.266 bits per heavy atom. The van der Waals surface area contributed by atoms with Crippen molar-refractivity contribution < 1.29 is 48.8 Å². The Morgan fingerprint density at radius 3 is 0.672 bits per heavy atom. The Bertz CT molecular complexity index is 867. The summed E-state index contributed by atoms with van der Waals surface area (Å²) in [7, 11) is 0. The summed E-state index contributed by atoms with van der Waals surface area (Å²) in [6, 6.07) is 8.48. The highest BCUT2D eigenvalue weighted by molar-refractivity contribution is 5.19. The number of rotatable bonds is 0. The van der Waals surface area contributed by atoms with Gasteiger partial charge < -0.3 is 47.4 Å². The molecule has 8 unspecified atom stereocenters. The van der Waals surface area contributed by atoms with Crippen molar-refractivity contribution in [3.63, 3.8) is 0 Å². The van der Waals surface area contributed by atoms with Crippen LogP contribution in [0.3, 0.4) is 0 Å². The molecular formula is C54H104O10. The van der Waals surface area contributed by atoms with Gasteiger partial charge in [0.05, 0.1) is 89.5 Å². The fourth-order valence-corrected chi connectivity index (χ4v) is 6.88. The van der Waals surface area contributed by atoms with E-state index in [1.54, 1.807) is 0 Å². The molecule has 6 saturated heterocycles. The minimum Gasteiger partial charge on any atom is -0.378 e. The summed E-state index contributed by atoms with van der Waals surface area (Å²) in [5, 5.41) is 0. The van der Waals surface area contributed by atoms with Crippen LogP contribution >= 0.6 is 0 Å². The molecule has 64 heavy (non-hydrogen) atoms. The van der Waals surface area contributed by atoms with Gasteiger partial charge in [0.2, 0.25) is 0 Å². The maximum atomic E-state index is 5.39. The molecule has 380 valence electrons. The minimum absolute atomic E-state index is 0. The highest BCUT2D eigenvalue weighted by Crippen LogP contribution is 2.27. The third-order valence-electron chi connectivity index (χ3n) is 11.9. The van der Waals surface area contributed by atoms with Gasteiger partial charge in [-0.2, -0.15) is 0 Å². The van der Waals surface area contributed by atoms with Crippen LogP contribution in [0.4, 0.5) is 0 Å². The lowest BCUT2D eigenvalue weighted by Crippen LogP contribution is -2.31. The van der Waals surface area contributed by atoms with Gasteiger partial charge in [-0.05, 0) is 119 Å². The number of hydrogen-bond donors (Lipinski definition) is 0. The highest BCUT2D eigenvalue weighted by Gasteiger charge is 2.18. The van der Waals surface area contributed by atoms with Gasteiger partial charge >= 0.3 is 0 Å². The molecule has 8 rings (SSSR count). The molecule has 0 bridgehead atoms. The number of benzene rings is 1. The van der Waals surface area contributed by atoms with Crippen LogP contribution in [0.5, 0.6) is 0 Å². The lowest BCUT2D eigenvalue weighted by Gasteiger charge is -2.24. The highest BCUT2D eigenvalue weighted by atomic mass is 16.7. The maximum Gasteiger partial charge on any atom is 0.154 e. The number of ether oxygens (including phenoxy) is 10. The van der Waals surface area contributed by atoms with E-state index in [1.165, 1.54) is 62.5 Å². The lowest BCUT2D eigenvalue weighted by molar-refractivity contribution is -0.187. The fourth-order valence-electron chi connectivity index (χ4n) is 6.88. The van der Waals surface area contributed by atoms with Crippen LogP contribution in [0.15, 0.2) is 24.3 Å². The van der Waals surface area contributed by atoms with E-state index in [4.69, 9.17) is 47.4 Å². The summed E-state index contributed by atoms with van der Waals surface area (Å²) < 4.78 is 52.5. The van der Waals surface area contributed by atoms with Gasteiger partial charge in [0.1, 0.15) is 0 Å². The average Bonchev–Trinajstić information content (AvgIpc) is 3.28. The number of hydrogen-bond acceptors (Lipinski definition) is 10. The van der Waals surface area contributed by atoms with Crippen LogP contribution in [0.1, 0.15) is 161 Å². The van der Waals surface area contributed by atoms with Gasteiger partial charge in [-0.25, -0.2) is 0 Å². The van der Waals surface area contributed by atoms with E-state index in [2.05, 4.69) is 93.5 Å². The molecular weight excluding hydrogens is 809 g/mol. The smallest absolute Gasteiger partial charge is 0.154 e. The summed E-state index contributed by atoms with van der Waals surface area (Å²) in [5.41, 5.74) is 2.66. The average molecular weight is 913 g/mol. The SMILES string of the molecule is CC1CCC(C)CC1.CC1CCC(C)OC1.CC1CCC(C)OC1.CC1COC(C)CO1.CC1COC(C)CO1.CC1COC(C)OC1.CC1COC(C)OC1.Cc1ccc(C)cc1.[HH]. The molecule has 7 fully saturated rings. The standard InChI is InChI=1S/C8H16.C8H10.2C7H14O.4C6H12O2.H2/c2*1-7-3-5-8(2)6-4-7;2*1-6-3-4-7(2)8-5-6;2*1-5-3-8-6(2)4-7-5;2*1-5-3-7-6(2)8-4-5;/h7-8H,3-6H2,1-2H3;3-6H,1-2H3;2*6-7H,3-5H2,1-2H3;4*5-6H,3-4H2,1-2H3;1H.